The molecule has 0 spiro atoms. The van der Waals surface area contributed by atoms with Gasteiger partial charge in [-0.2, -0.15) is 0 Å². The predicted octanol–water partition coefficient (Wildman–Crippen LogP) is 3.77. The Morgan fingerprint density at radius 3 is 2.88 bits per heavy atom. The number of nitrogens with one attached hydrogen (secondary N) is 1. The summed E-state index contributed by atoms with van der Waals surface area (Å²) in [6.07, 6.45) is 4.87. The topological polar surface area (TPSA) is 12.0 Å². The molecule has 1 aromatic rings. The van der Waals surface area contributed by atoms with E-state index in [-0.39, 0.29) is 5.82 Å². The molecule has 1 fully saturated rings. The molecule has 0 amide bonds. The van der Waals surface area contributed by atoms with Crippen LogP contribution < -0.4 is 5.32 Å². The lowest BCUT2D eigenvalue weighted by molar-refractivity contribution is 0.517. The van der Waals surface area contributed by atoms with Crippen LogP contribution in [0.3, 0.4) is 0 Å². The van der Waals surface area contributed by atoms with Gasteiger partial charge in [0.05, 0.1) is 0 Å². The molecule has 1 aromatic carbocycles. The average molecular weight is 235 g/mol. The number of hydrogen-bond donors (Lipinski definition) is 1. The summed E-state index contributed by atoms with van der Waals surface area (Å²) in [5.74, 6) is 0.524. The molecular formula is C15H22FN. The zero-order chi connectivity index (χ0) is 12.3. The van der Waals surface area contributed by atoms with Crippen LogP contribution in [0.5, 0.6) is 0 Å². The summed E-state index contributed by atoms with van der Waals surface area (Å²) < 4.78 is 13.2. The van der Waals surface area contributed by atoms with Crippen molar-refractivity contribution in [1.29, 1.82) is 0 Å². The molecular weight excluding hydrogens is 213 g/mol. The quantitative estimate of drug-likeness (QED) is 0.837. The van der Waals surface area contributed by atoms with Gasteiger partial charge in [-0.3, -0.25) is 0 Å². The molecule has 0 heterocycles. The van der Waals surface area contributed by atoms with Crippen molar-refractivity contribution in [3.8, 4) is 0 Å². The fraction of sp³-hybridized carbons (Fsp3) is 0.600. The Morgan fingerprint density at radius 1 is 1.35 bits per heavy atom. The fourth-order valence-electron chi connectivity index (χ4n) is 2.74. The molecule has 2 rings (SSSR count). The molecule has 0 radical (unpaired) electrons. The fourth-order valence-corrected chi connectivity index (χ4v) is 2.74. The van der Waals surface area contributed by atoms with Gasteiger partial charge in [0.2, 0.25) is 0 Å². The summed E-state index contributed by atoms with van der Waals surface area (Å²) >= 11 is 0. The van der Waals surface area contributed by atoms with Gasteiger partial charge in [-0.25, -0.2) is 4.39 Å². The van der Waals surface area contributed by atoms with Crippen LogP contribution >= 0.6 is 0 Å². The van der Waals surface area contributed by atoms with Gasteiger partial charge in [-0.15, -0.1) is 0 Å². The van der Waals surface area contributed by atoms with Crippen molar-refractivity contribution >= 4 is 0 Å². The van der Waals surface area contributed by atoms with Gasteiger partial charge >= 0.3 is 0 Å². The monoisotopic (exact) mass is 235 g/mol. The summed E-state index contributed by atoms with van der Waals surface area (Å²) in [5, 5.41) is 3.58. The Balaban J connectivity index is 1.97. The second-order valence-corrected chi connectivity index (χ2v) is 5.17. The van der Waals surface area contributed by atoms with E-state index < -0.39 is 0 Å². The first-order valence-electron chi connectivity index (χ1n) is 6.70. The van der Waals surface area contributed by atoms with Crippen LogP contribution in [0, 0.1) is 12.7 Å². The lowest BCUT2D eigenvalue weighted by Gasteiger charge is -2.13. The zero-order valence-corrected chi connectivity index (χ0v) is 10.8. The number of benzene rings is 1. The minimum absolute atomic E-state index is 0.0904. The number of hydrogen-bond acceptors (Lipinski definition) is 1. The van der Waals surface area contributed by atoms with Crippen LogP contribution in [0.15, 0.2) is 18.2 Å². The molecule has 0 aliphatic heterocycles. The van der Waals surface area contributed by atoms with E-state index in [0.29, 0.717) is 12.0 Å². The van der Waals surface area contributed by atoms with Crippen LogP contribution in [-0.2, 0) is 0 Å². The number of rotatable bonds is 4. The van der Waals surface area contributed by atoms with E-state index in [0.717, 1.165) is 12.1 Å². The molecule has 2 atom stereocenters. The molecule has 94 valence electrons. The normalized spacial score (nSPS) is 24.2. The summed E-state index contributed by atoms with van der Waals surface area (Å²) in [6, 6.07) is 6.24. The van der Waals surface area contributed by atoms with Gasteiger partial charge in [-0.1, -0.05) is 19.1 Å². The third-order valence-corrected chi connectivity index (χ3v) is 3.77. The van der Waals surface area contributed by atoms with E-state index in [9.17, 15) is 4.39 Å². The SMILES string of the molecule is CCCNC1CCC(c2ccc(F)c(C)c2)C1. The van der Waals surface area contributed by atoms with E-state index in [2.05, 4.69) is 12.2 Å². The van der Waals surface area contributed by atoms with Crippen LogP contribution in [0.25, 0.3) is 0 Å². The number of aryl methyl sites for hydroxylation is 1. The third kappa shape index (κ3) is 3.06. The summed E-state index contributed by atoms with van der Waals surface area (Å²) in [6.45, 7) is 5.16. The van der Waals surface area contributed by atoms with Gasteiger partial charge in [0.25, 0.3) is 0 Å². The van der Waals surface area contributed by atoms with Crippen molar-refractivity contribution in [3.05, 3.63) is 35.1 Å². The van der Waals surface area contributed by atoms with Crippen molar-refractivity contribution in [2.24, 2.45) is 0 Å². The molecule has 1 N–H and O–H groups in total. The van der Waals surface area contributed by atoms with Gasteiger partial charge in [0.15, 0.2) is 0 Å². The lowest BCUT2D eigenvalue weighted by atomic mass is 9.96. The third-order valence-electron chi connectivity index (χ3n) is 3.77. The zero-order valence-electron chi connectivity index (χ0n) is 10.8. The minimum Gasteiger partial charge on any atom is -0.314 e. The van der Waals surface area contributed by atoms with E-state index >= 15 is 0 Å². The van der Waals surface area contributed by atoms with E-state index in [1.54, 1.807) is 6.07 Å². The highest BCUT2D eigenvalue weighted by atomic mass is 19.1. The first kappa shape index (κ1) is 12.6. The molecule has 0 saturated heterocycles. The average Bonchev–Trinajstić information content (AvgIpc) is 2.79. The van der Waals surface area contributed by atoms with Crippen LogP contribution in [-0.4, -0.2) is 12.6 Å². The van der Waals surface area contributed by atoms with Crippen molar-refractivity contribution in [3.63, 3.8) is 0 Å². The second kappa shape index (κ2) is 5.63. The highest BCUT2D eigenvalue weighted by Crippen LogP contribution is 2.35. The first-order valence-corrected chi connectivity index (χ1v) is 6.70. The maximum absolute atomic E-state index is 13.2. The summed E-state index contributed by atoms with van der Waals surface area (Å²) in [5.41, 5.74) is 2.08. The summed E-state index contributed by atoms with van der Waals surface area (Å²) in [7, 11) is 0. The second-order valence-electron chi connectivity index (χ2n) is 5.17. The maximum atomic E-state index is 13.2. The molecule has 1 saturated carbocycles. The molecule has 2 unspecified atom stereocenters. The van der Waals surface area contributed by atoms with Gasteiger partial charge < -0.3 is 5.32 Å². The van der Waals surface area contributed by atoms with Crippen molar-refractivity contribution in [2.75, 3.05) is 6.54 Å². The molecule has 1 nitrogen and oxygen atoms in total. The van der Waals surface area contributed by atoms with Crippen molar-refractivity contribution in [2.45, 2.75) is 51.5 Å². The molecule has 1 aliphatic carbocycles. The van der Waals surface area contributed by atoms with E-state index in [1.807, 2.05) is 19.1 Å². The van der Waals surface area contributed by atoms with Crippen LogP contribution in [0.4, 0.5) is 4.39 Å². The van der Waals surface area contributed by atoms with Crippen LogP contribution in [0.1, 0.15) is 49.7 Å². The first-order chi connectivity index (χ1) is 8.20. The van der Waals surface area contributed by atoms with Crippen LogP contribution in [0.2, 0.25) is 0 Å². The molecule has 2 heteroatoms. The Morgan fingerprint density at radius 2 is 2.18 bits per heavy atom. The standard InChI is InChI=1S/C15H22FN/c1-3-8-17-14-6-4-13(10-14)12-5-7-15(16)11(2)9-12/h5,7,9,13-14,17H,3-4,6,8,10H2,1-2H3. The molecule has 17 heavy (non-hydrogen) atoms. The molecule has 0 bridgehead atoms. The highest BCUT2D eigenvalue weighted by Gasteiger charge is 2.25. The van der Waals surface area contributed by atoms with Gasteiger partial charge in [0, 0.05) is 6.04 Å². The lowest BCUT2D eigenvalue weighted by Crippen LogP contribution is -2.26. The Bertz CT molecular complexity index is 375. The van der Waals surface area contributed by atoms with Gasteiger partial charge in [-0.05, 0) is 62.3 Å². The van der Waals surface area contributed by atoms with Crippen molar-refractivity contribution < 1.29 is 4.39 Å². The van der Waals surface area contributed by atoms with E-state index in [4.69, 9.17) is 0 Å². The predicted molar refractivity (Wildman–Crippen MR) is 69.8 cm³/mol. The molecule has 1 aliphatic rings. The Labute approximate surface area is 103 Å². The van der Waals surface area contributed by atoms with Gasteiger partial charge in [0.1, 0.15) is 5.82 Å². The van der Waals surface area contributed by atoms with Crippen molar-refractivity contribution in [1.82, 2.24) is 5.32 Å². The largest absolute Gasteiger partial charge is 0.314 e. The molecule has 0 aromatic heterocycles. The smallest absolute Gasteiger partial charge is 0.126 e. The Hall–Kier alpha value is -0.890. The minimum atomic E-state index is -0.0904. The Kier molecular flexibility index (Phi) is 4.16. The number of halogens is 1. The maximum Gasteiger partial charge on any atom is 0.126 e. The summed E-state index contributed by atoms with van der Waals surface area (Å²) in [4.78, 5) is 0. The van der Waals surface area contributed by atoms with E-state index in [1.165, 1.54) is 31.2 Å². The highest BCUT2D eigenvalue weighted by molar-refractivity contribution is 5.27.